The molecule has 1 aliphatic rings. The van der Waals surface area contributed by atoms with Gasteiger partial charge in [-0.25, -0.2) is 4.79 Å². The van der Waals surface area contributed by atoms with Crippen LogP contribution in [0.25, 0.3) is 10.9 Å². The zero-order valence-corrected chi connectivity index (χ0v) is 13.9. The largest absolute Gasteiger partial charge is 0.478 e. The number of nitrogens with zero attached hydrogens (tertiary/aromatic N) is 2. The Morgan fingerprint density at radius 2 is 1.68 bits per heavy atom. The Balaban J connectivity index is 1.86. The second kappa shape index (κ2) is 5.86. The van der Waals surface area contributed by atoms with Crippen LogP contribution in [0.5, 0.6) is 0 Å². The SMILES string of the molecule is CN1CCc2c(C(=O)c3ccc(C(=O)O)cc3)c3ccccc3n2C1. The zero-order valence-electron chi connectivity index (χ0n) is 13.9. The molecule has 0 spiro atoms. The number of rotatable bonds is 3. The number of likely N-dealkylation sites (N-methyl/N-ethyl adjacent to an activating group) is 1. The van der Waals surface area contributed by atoms with Crippen LogP contribution in [0.3, 0.4) is 0 Å². The van der Waals surface area contributed by atoms with Gasteiger partial charge in [-0.15, -0.1) is 0 Å². The lowest BCUT2D eigenvalue weighted by Gasteiger charge is -2.26. The molecule has 4 rings (SSSR count). The molecule has 0 radical (unpaired) electrons. The average molecular weight is 334 g/mol. The molecule has 0 bridgehead atoms. The van der Waals surface area contributed by atoms with Crippen molar-refractivity contribution in [3.8, 4) is 0 Å². The molecule has 1 aromatic heterocycles. The van der Waals surface area contributed by atoms with E-state index in [1.165, 1.54) is 12.1 Å². The van der Waals surface area contributed by atoms with Crippen molar-refractivity contribution >= 4 is 22.7 Å². The number of aromatic nitrogens is 1. The molecule has 0 aliphatic carbocycles. The highest BCUT2D eigenvalue weighted by Gasteiger charge is 2.26. The van der Waals surface area contributed by atoms with Crippen LogP contribution in [0, 0.1) is 0 Å². The van der Waals surface area contributed by atoms with Crippen molar-refractivity contribution in [3.63, 3.8) is 0 Å². The van der Waals surface area contributed by atoms with Crippen molar-refractivity contribution in [2.75, 3.05) is 13.6 Å². The van der Waals surface area contributed by atoms with E-state index in [4.69, 9.17) is 5.11 Å². The summed E-state index contributed by atoms with van der Waals surface area (Å²) >= 11 is 0. The number of hydrogen-bond donors (Lipinski definition) is 1. The fourth-order valence-corrected chi connectivity index (χ4v) is 3.55. The van der Waals surface area contributed by atoms with Gasteiger partial charge in [0.25, 0.3) is 0 Å². The van der Waals surface area contributed by atoms with Gasteiger partial charge in [-0.1, -0.05) is 30.3 Å². The summed E-state index contributed by atoms with van der Waals surface area (Å²) in [7, 11) is 2.07. The molecule has 5 nitrogen and oxygen atoms in total. The van der Waals surface area contributed by atoms with E-state index >= 15 is 0 Å². The Morgan fingerprint density at radius 1 is 1.00 bits per heavy atom. The van der Waals surface area contributed by atoms with Gasteiger partial charge in [0, 0.05) is 29.6 Å². The molecule has 2 heterocycles. The van der Waals surface area contributed by atoms with Crippen LogP contribution >= 0.6 is 0 Å². The van der Waals surface area contributed by atoms with Crippen molar-refractivity contribution in [2.45, 2.75) is 13.1 Å². The summed E-state index contributed by atoms with van der Waals surface area (Å²) in [4.78, 5) is 26.4. The first-order valence-electron chi connectivity index (χ1n) is 8.23. The van der Waals surface area contributed by atoms with Crippen molar-refractivity contribution in [2.24, 2.45) is 0 Å². The van der Waals surface area contributed by atoms with E-state index in [0.29, 0.717) is 5.56 Å². The smallest absolute Gasteiger partial charge is 0.335 e. The van der Waals surface area contributed by atoms with E-state index in [1.54, 1.807) is 12.1 Å². The maximum absolute atomic E-state index is 13.2. The van der Waals surface area contributed by atoms with Crippen molar-refractivity contribution < 1.29 is 14.7 Å². The standard InChI is InChI=1S/C20H18N2O3/c1-21-11-10-17-18(15-4-2-3-5-16(15)22(17)12-21)19(23)13-6-8-14(9-7-13)20(24)25/h2-9H,10-12H2,1H3,(H,24,25). The minimum atomic E-state index is -0.992. The van der Waals surface area contributed by atoms with E-state index in [2.05, 4.69) is 16.5 Å². The van der Waals surface area contributed by atoms with Gasteiger partial charge < -0.3 is 9.67 Å². The lowest BCUT2D eigenvalue weighted by atomic mass is 9.98. The second-order valence-corrected chi connectivity index (χ2v) is 6.45. The summed E-state index contributed by atoms with van der Waals surface area (Å²) in [5.41, 5.74) is 3.57. The van der Waals surface area contributed by atoms with Crippen LogP contribution in [0.1, 0.15) is 32.0 Å². The minimum absolute atomic E-state index is 0.0496. The number of carbonyl (C=O) groups is 2. The maximum atomic E-state index is 13.2. The molecule has 2 aromatic carbocycles. The van der Waals surface area contributed by atoms with Crippen LogP contribution in [0.15, 0.2) is 48.5 Å². The predicted octanol–water partition coefficient (Wildman–Crippen LogP) is 3.02. The van der Waals surface area contributed by atoms with Gasteiger partial charge in [-0.2, -0.15) is 0 Å². The van der Waals surface area contributed by atoms with Crippen LogP contribution < -0.4 is 0 Å². The molecule has 1 aliphatic heterocycles. The van der Waals surface area contributed by atoms with E-state index in [1.807, 2.05) is 24.3 Å². The topological polar surface area (TPSA) is 62.5 Å². The first-order chi connectivity index (χ1) is 12.1. The van der Waals surface area contributed by atoms with E-state index in [0.717, 1.165) is 41.8 Å². The summed E-state index contributed by atoms with van der Waals surface area (Å²) in [6.07, 6.45) is 0.819. The molecule has 0 fully saturated rings. The fourth-order valence-electron chi connectivity index (χ4n) is 3.55. The van der Waals surface area contributed by atoms with Gasteiger partial charge in [-0.05, 0) is 25.2 Å². The quantitative estimate of drug-likeness (QED) is 0.748. The molecule has 0 unspecified atom stereocenters. The molecule has 25 heavy (non-hydrogen) atoms. The van der Waals surface area contributed by atoms with Crippen LogP contribution in [-0.2, 0) is 13.1 Å². The highest BCUT2D eigenvalue weighted by molar-refractivity contribution is 6.17. The molecule has 3 aromatic rings. The molecule has 0 saturated heterocycles. The highest BCUT2D eigenvalue weighted by Crippen LogP contribution is 2.31. The van der Waals surface area contributed by atoms with Crippen molar-refractivity contribution in [1.82, 2.24) is 9.47 Å². The Labute approximate surface area is 145 Å². The lowest BCUT2D eigenvalue weighted by Crippen LogP contribution is -2.31. The van der Waals surface area contributed by atoms with Gasteiger partial charge in [0.05, 0.1) is 23.3 Å². The van der Waals surface area contributed by atoms with Gasteiger partial charge in [0.1, 0.15) is 0 Å². The number of benzene rings is 2. The molecule has 0 saturated carbocycles. The van der Waals surface area contributed by atoms with Crippen LogP contribution in [0.4, 0.5) is 0 Å². The molecule has 0 amide bonds. The lowest BCUT2D eigenvalue weighted by molar-refractivity contribution is 0.0696. The molecule has 126 valence electrons. The third-order valence-corrected chi connectivity index (χ3v) is 4.81. The number of carboxylic acids is 1. The monoisotopic (exact) mass is 334 g/mol. The van der Waals surface area contributed by atoms with E-state index < -0.39 is 5.97 Å². The Kier molecular flexibility index (Phi) is 3.66. The predicted molar refractivity (Wildman–Crippen MR) is 95.1 cm³/mol. The van der Waals surface area contributed by atoms with Gasteiger partial charge >= 0.3 is 5.97 Å². The number of carboxylic acid groups (broad SMARTS) is 1. The van der Waals surface area contributed by atoms with E-state index in [9.17, 15) is 9.59 Å². The number of aromatic carboxylic acids is 1. The van der Waals surface area contributed by atoms with Crippen molar-refractivity contribution in [1.29, 1.82) is 0 Å². The molecule has 0 atom stereocenters. The summed E-state index contributed by atoms with van der Waals surface area (Å²) in [6, 6.07) is 14.1. The molecule has 5 heteroatoms. The first-order valence-corrected chi connectivity index (χ1v) is 8.23. The fraction of sp³-hybridized carbons (Fsp3) is 0.200. The third kappa shape index (κ3) is 2.53. The second-order valence-electron chi connectivity index (χ2n) is 6.45. The third-order valence-electron chi connectivity index (χ3n) is 4.81. The maximum Gasteiger partial charge on any atom is 0.335 e. The van der Waals surface area contributed by atoms with Gasteiger partial charge in [0.2, 0.25) is 0 Å². The van der Waals surface area contributed by atoms with Crippen LogP contribution in [-0.4, -0.2) is 39.9 Å². The number of carbonyl (C=O) groups excluding carboxylic acids is 1. The average Bonchev–Trinajstić information content (AvgIpc) is 2.95. The van der Waals surface area contributed by atoms with Gasteiger partial charge in [0.15, 0.2) is 5.78 Å². The minimum Gasteiger partial charge on any atom is -0.478 e. The van der Waals surface area contributed by atoms with Crippen LogP contribution in [0.2, 0.25) is 0 Å². The Morgan fingerprint density at radius 3 is 2.40 bits per heavy atom. The van der Waals surface area contributed by atoms with E-state index in [-0.39, 0.29) is 11.3 Å². The first kappa shape index (κ1) is 15.6. The number of hydrogen-bond acceptors (Lipinski definition) is 3. The number of para-hydroxylation sites is 1. The van der Waals surface area contributed by atoms with Gasteiger partial charge in [-0.3, -0.25) is 9.69 Å². The highest BCUT2D eigenvalue weighted by atomic mass is 16.4. The van der Waals surface area contributed by atoms with Crippen molar-refractivity contribution in [3.05, 3.63) is 70.9 Å². The molecular weight excluding hydrogens is 316 g/mol. The Hall–Kier alpha value is -2.92. The number of fused-ring (bicyclic) bond motifs is 3. The normalized spacial score (nSPS) is 14.4. The summed E-state index contributed by atoms with van der Waals surface area (Å²) in [6.45, 7) is 1.68. The summed E-state index contributed by atoms with van der Waals surface area (Å²) < 4.78 is 2.21. The summed E-state index contributed by atoms with van der Waals surface area (Å²) in [5.74, 6) is -1.04. The Bertz CT molecular complexity index is 986. The zero-order chi connectivity index (χ0) is 17.6. The number of ketones is 1. The molecular formula is C20H18N2O3. The summed E-state index contributed by atoms with van der Waals surface area (Å²) in [5, 5.41) is 9.99. The molecule has 1 N–H and O–H groups in total.